The van der Waals surface area contributed by atoms with Crippen LogP contribution in [0.3, 0.4) is 0 Å². The fraction of sp³-hybridized carbons (Fsp3) is 0.0833. The molecule has 2 rings (SSSR count). The van der Waals surface area contributed by atoms with Crippen LogP contribution in [0.1, 0.15) is 5.56 Å². The first-order valence-corrected chi connectivity index (χ1v) is 5.70. The minimum atomic E-state index is -0.466. The maximum absolute atomic E-state index is 13.4. The normalized spacial score (nSPS) is 10.3. The van der Waals surface area contributed by atoms with Gasteiger partial charge in [-0.25, -0.2) is 9.37 Å². The minimum absolute atomic E-state index is 0.185. The number of hydrogen-bond donors (Lipinski definition) is 1. The molecule has 0 aliphatic heterocycles. The van der Waals surface area contributed by atoms with Gasteiger partial charge in [0.2, 0.25) is 0 Å². The van der Waals surface area contributed by atoms with Gasteiger partial charge in [-0.15, -0.1) is 0 Å². The van der Waals surface area contributed by atoms with Crippen molar-refractivity contribution < 1.29 is 4.39 Å². The molecule has 0 saturated carbocycles. The molecule has 0 fully saturated rings. The summed E-state index contributed by atoms with van der Waals surface area (Å²) in [7, 11) is 0. The quantitative estimate of drug-likeness (QED) is 0.907. The molecule has 2 aromatic rings. The summed E-state index contributed by atoms with van der Waals surface area (Å²) in [5.74, 6) is -0.282. The lowest BCUT2D eigenvalue weighted by molar-refractivity contribution is 0.624. The van der Waals surface area contributed by atoms with Crippen molar-refractivity contribution in [3.05, 3.63) is 58.0 Å². The summed E-state index contributed by atoms with van der Waals surface area (Å²) in [6.07, 6.45) is 1.40. The van der Waals surface area contributed by atoms with Gasteiger partial charge < -0.3 is 5.32 Å². The first kappa shape index (κ1) is 12.1. The van der Waals surface area contributed by atoms with Gasteiger partial charge in [0.05, 0.1) is 5.02 Å². The van der Waals surface area contributed by atoms with E-state index in [9.17, 15) is 4.39 Å². The van der Waals surface area contributed by atoms with E-state index >= 15 is 0 Å². The zero-order chi connectivity index (χ0) is 12.3. The Balaban J connectivity index is 2.04. The van der Waals surface area contributed by atoms with Crippen LogP contribution in [-0.4, -0.2) is 4.98 Å². The van der Waals surface area contributed by atoms with Crippen LogP contribution in [0.15, 0.2) is 36.5 Å². The molecule has 0 unspecified atom stereocenters. The smallest absolute Gasteiger partial charge is 0.166 e. The Morgan fingerprint density at radius 1 is 1.12 bits per heavy atom. The number of nitrogens with zero attached hydrogens (tertiary/aromatic N) is 1. The number of benzene rings is 1. The second kappa shape index (κ2) is 5.34. The third-order valence-electron chi connectivity index (χ3n) is 2.18. The number of rotatable bonds is 3. The van der Waals surface area contributed by atoms with E-state index in [2.05, 4.69) is 10.3 Å². The number of anilines is 1. The van der Waals surface area contributed by atoms with Crippen molar-refractivity contribution in [1.82, 2.24) is 4.98 Å². The van der Waals surface area contributed by atoms with E-state index < -0.39 is 5.82 Å². The van der Waals surface area contributed by atoms with Crippen LogP contribution >= 0.6 is 23.2 Å². The van der Waals surface area contributed by atoms with Gasteiger partial charge in [-0.3, -0.25) is 0 Å². The Bertz CT molecular complexity index is 514. The lowest BCUT2D eigenvalue weighted by Crippen LogP contribution is -2.03. The summed E-state index contributed by atoms with van der Waals surface area (Å²) in [6, 6.07) is 8.51. The van der Waals surface area contributed by atoms with E-state index in [0.717, 1.165) is 5.56 Å². The van der Waals surface area contributed by atoms with Crippen LogP contribution in [0, 0.1) is 5.82 Å². The minimum Gasteiger partial charge on any atom is -0.364 e. The Morgan fingerprint density at radius 3 is 2.47 bits per heavy atom. The van der Waals surface area contributed by atoms with Crippen molar-refractivity contribution >= 4 is 29.0 Å². The van der Waals surface area contributed by atoms with E-state index in [1.807, 2.05) is 12.1 Å². The van der Waals surface area contributed by atoms with Crippen LogP contribution < -0.4 is 5.32 Å². The van der Waals surface area contributed by atoms with Gasteiger partial charge >= 0.3 is 0 Å². The van der Waals surface area contributed by atoms with Gasteiger partial charge in [-0.05, 0) is 23.8 Å². The predicted octanol–water partition coefficient (Wildman–Crippen LogP) is 4.14. The van der Waals surface area contributed by atoms with Crippen LogP contribution in [0.5, 0.6) is 0 Å². The predicted molar refractivity (Wildman–Crippen MR) is 68.0 cm³/mol. The summed E-state index contributed by atoms with van der Waals surface area (Å²) in [5, 5.41) is 3.84. The van der Waals surface area contributed by atoms with Gasteiger partial charge in [-0.2, -0.15) is 0 Å². The SMILES string of the molecule is Fc1cc(Cl)cnc1NCc1ccc(Cl)cc1. The highest BCUT2D eigenvalue weighted by Gasteiger charge is 2.03. The van der Waals surface area contributed by atoms with Gasteiger partial charge in [0.15, 0.2) is 11.6 Å². The number of nitrogens with one attached hydrogen (secondary N) is 1. The van der Waals surface area contributed by atoms with Gasteiger partial charge in [0.1, 0.15) is 0 Å². The molecule has 0 aliphatic carbocycles. The molecule has 0 saturated heterocycles. The average molecular weight is 271 g/mol. The van der Waals surface area contributed by atoms with E-state index in [-0.39, 0.29) is 10.8 Å². The van der Waals surface area contributed by atoms with Crippen molar-refractivity contribution in [1.29, 1.82) is 0 Å². The molecule has 0 radical (unpaired) electrons. The number of halogens is 3. The topological polar surface area (TPSA) is 24.9 Å². The van der Waals surface area contributed by atoms with Gasteiger partial charge in [-0.1, -0.05) is 35.3 Å². The van der Waals surface area contributed by atoms with E-state index in [1.165, 1.54) is 12.3 Å². The number of pyridine rings is 1. The van der Waals surface area contributed by atoms with Crippen molar-refractivity contribution in [3.63, 3.8) is 0 Å². The maximum Gasteiger partial charge on any atom is 0.166 e. The molecular weight excluding hydrogens is 262 g/mol. The molecule has 17 heavy (non-hydrogen) atoms. The van der Waals surface area contributed by atoms with Crippen LogP contribution in [0.25, 0.3) is 0 Å². The molecule has 1 aromatic carbocycles. The summed E-state index contributed by atoms with van der Waals surface area (Å²) in [4.78, 5) is 3.87. The second-order valence-electron chi connectivity index (χ2n) is 3.46. The van der Waals surface area contributed by atoms with Crippen LogP contribution in [0.4, 0.5) is 10.2 Å². The fourth-order valence-electron chi connectivity index (χ4n) is 1.33. The van der Waals surface area contributed by atoms with Crippen molar-refractivity contribution in [2.45, 2.75) is 6.54 Å². The van der Waals surface area contributed by atoms with Crippen molar-refractivity contribution in [3.8, 4) is 0 Å². The summed E-state index contributed by atoms with van der Waals surface area (Å²) >= 11 is 11.4. The highest BCUT2D eigenvalue weighted by atomic mass is 35.5. The highest BCUT2D eigenvalue weighted by Crippen LogP contribution is 2.16. The molecule has 0 atom stereocenters. The standard InChI is InChI=1S/C12H9Cl2FN2/c13-9-3-1-8(2-4-9)6-16-12-11(15)5-10(14)7-17-12/h1-5,7H,6H2,(H,16,17). The third-order valence-corrected chi connectivity index (χ3v) is 2.64. The van der Waals surface area contributed by atoms with Gasteiger partial charge in [0, 0.05) is 17.8 Å². The molecule has 0 amide bonds. The molecule has 1 N–H and O–H groups in total. The van der Waals surface area contributed by atoms with Crippen molar-refractivity contribution in [2.75, 3.05) is 5.32 Å². The fourth-order valence-corrected chi connectivity index (χ4v) is 1.60. The molecule has 0 bridgehead atoms. The van der Waals surface area contributed by atoms with E-state index in [1.54, 1.807) is 12.1 Å². The molecular formula is C12H9Cl2FN2. The van der Waals surface area contributed by atoms with Crippen LogP contribution in [-0.2, 0) is 6.54 Å². The van der Waals surface area contributed by atoms with E-state index in [0.29, 0.717) is 11.6 Å². The Labute approximate surface area is 108 Å². The number of aromatic nitrogens is 1. The monoisotopic (exact) mass is 270 g/mol. The van der Waals surface area contributed by atoms with E-state index in [4.69, 9.17) is 23.2 Å². The highest BCUT2D eigenvalue weighted by molar-refractivity contribution is 6.30. The molecule has 0 spiro atoms. The van der Waals surface area contributed by atoms with Crippen molar-refractivity contribution in [2.24, 2.45) is 0 Å². The maximum atomic E-state index is 13.4. The van der Waals surface area contributed by atoms with Crippen LogP contribution in [0.2, 0.25) is 10.0 Å². The lowest BCUT2D eigenvalue weighted by Gasteiger charge is -2.06. The average Bonchev–Trinajstić information content (AvgIpc) is 2.30. The summed E-state index contributed by atoms with van der Waals surface area (Å²) in [5.41, 5.74) is 0.991. The Kier molecular flexibility index (Phi) is 3.82. The first-order valence-electron chi connectivity index (χ1n) is 4.94. The summed E-state index contributed by atoms with van der Waals surface area (Å²) < 4.78 is 13.4. The largest absolute Gasteiger partial charge is 0.364 e. The zero-order valence-corrected chi connectivity index (χ0v) is 10.3. The molecule has 1 heterocycles. The molecule has 2 nitrogen and oxygen atoms in total. The molecule has 0 aliphatic rings. The first-order chi connectivity index (χ1) is 8.15. The third kappa shape index (κ3) is 3.32. The van der Waals surface area contributed by atoms with Gasteiger partial charge in [0.25, 0.3) is 0 Å². The zero-order valence-electron chi connectivity index (χ0n) is 8.75. The Morgan fingerprint density at radius 2 is 1.82 bits per heavy atom. The molecule has 5 heteroatoms. The molecule has 88 valence electrons. The molecule has 1 aromatic heterocycles. The summed E-state index contributed by atoms with van der Waals surface area (Å²) in [6.45, 7) is 0.475. The lowest BCUT2D eigenvalue weighted by atomic mass is 10.2. The Hall–Kier alpha value is -1.32. The second-order valence-corrected chi connectivity index (χ2v) is 4.34. The number of hydrogen-bond acceptors (Lipinski definition) is 2.